The van der Waals surface area contributed by atoms with Crippen LogP contribution in [0.3, 0.4) is 0 Å². The summed E-state index contributed by atoms with van der Waals surface area (Å²) in [6.45, 7) is 2.19. The number of hydrogen-bond acceptors (Lipinski definition) is 1. The van der Waals surface area contributed by atoms with E-state index in [1.807, 2.05) is 6.07 Å². The summed E-state index contributed by atoms with van der Waals surface area (Å²) in [4.78, 5) is 1.21. The van der Waals surface area contributed by atoms with E-state index in [1.165, 1.54) is 29.1 Å². The smallest absolute Gasteiger partial charge is 0.176 e. The highest BCUT2D eigenvalue weighted by Gasteiger charge is 2.40. The lowest BCUT2D eigenvalue weighted by molar-refractivity contribution is 0.657. The Kier molecular flexibility index (Phi) is 1.15. The summed E-state index contributed by atoms with van der Waals surface area (Å²) in [5, 5.41) is -0.0527. The molecule has 1 aliphatic rings. The highest BCUT2D eigenvalue weighted by molar-refractivity contribution is 7.10. The van der Waals surface area contributed by atoms with Crippen LogP contribution >= 0.6 is 11.3 Å². The molecule has 1 saturated carbocycles. The molecule has 0 aliphatic heterocycles. The summed E-state index contributed by atoms with van der Waals surface area (Å²) in [6.07, 6.45) is 2.46. The molecule has 1 aromatic rings. The molecule has 54 valence electrons. The third kappa shape index (κ3) is 0.870. The summed E-state index contributed by atoms with van der Waals surface area (Å²) in [6, 6.07) is 3.47. The van der Waals surface area contributed by atoms with E-state index in [0.717, 1.165) is 0 Å². The first kappa shape index (κ1) is 6.35. The molecule has 1 heterocycles. The first-order valence-electron chi connectivity index (χ1n) is 3.47. The van der Waals surface area contributed by atoms with Crippen molar-refractivity contribution in [3.63, 3.8) is 0 Å². The van der Waals surface area contributed by atoms with Gasteiger partial charge in [-0.1, -0.05) is 6.92 Å². The van der Waals surface area contributed by atoms with E-state index in [2.05, 4.69) is 6.92 Å². The van der Waals surface area contributed by atoms with E-state index in [9.17, 15) is 4.39 Å². The maximum absolute atomic E-state index is 12.5. The molecule has 0 amide bonds. The maximum atomic E-state index is 12.5. The molecule has 0 unspecified atom stereocenters. The summed E-state index contributed by atoms with van der Waals surface area (Å²) in [5.41, 5.74) is 0.342. The Morgan fingerprint density at radius 1 is 1.50 bits per heavy atom. The van der Waals surface area contributed by atoms with Crippen LogP contribution in [0.4, 0.5) is 4.39 Å². The highest BCUT2D eigenvalue weighted by atomic mass is 32.1. The van der Waals surface area contributed by atoms with Crippen LogP contribution in [0.5, 0.6) is 0 Å². The van der Waals surface area contributed by atoms with Crippen molar-refractivity contribution >= 4 is 11.3 Å². The predicted molar refractivity (Wildman–Crippen MR) is 40.9 cm³/mol. The van der Waals surface area contributed by atoms with Crippen molar-refractivity contribution in [3.05, 3.63) is 22.1 Å². The average molecular weight is 156 g/mol. The lowest BCUT2D eigenvalue weighted by atomic mass is 10.1. The van der Waals surface area contributed by atoms with Gasteiger partial charge in [-0.25, -0.2) is 0 Å². The van der Waals surface area contributed by atoms with Crippen molar-refractivity contribution in [1.82, 2.24) is 0 Å². The van der Waals surface area contributed by atoms with Gasteiger partial charge in [-0.2, -0.15) is 4.39 Å². The van der Waals surface area contributed by atoms with Crippen LogP contribution in [-0.2, 0) is 5.41 Å². The van der Waals surface area contributed by atoms with Gasteiger partial charge < -0.3 is 0 Å². The van der Waals surface area contributed by atoms with Crippen LogP contribution < -0.4 is 0 Å². The fourth-order valence-electron chi connectivity index (χ4n) is 1.07. The normalized spacial score (nSPS) is 21.0. The van der Waals surface area contributed by atoms with Gasteiger partial charge in [0.2, 0.25) is 0 Å². The molecule has 2 rings (SSSR count). The minimum atomic E-state index is -0.0527. The Labute approximate surface area is 63.7 Å². The molecule has 1 fully saturated rings. The Morgan fingerprint density at radius 2 is 2.20 bits per heavy atom. The molecule has 0 nitrogen and oxygen atoms in total. The van der Waals surface area contributed by atoms with E-state index in [1.54, 1.807) is 6.07 Å². The number of halogens is 1. The first-order chi connectivity index (χ1) is 4.71. The molecule has 0 saturated heterocycles. The van der Waals surface area contributed by atoms with E-state index in [4.69, 9.17) is 0 Å². The molecule has 0 bridgehead atoms. The van der Waals surface area contributed by atoms with Gasteiger partial charge >= 0.3 is 0 Å². The highest BCUT2D eigenvalue weighted by Crippen LogP contribution is 2.49. The molecular formula is C8H9FS. The van der Waals surface area contributed by atoms with Gasteiger partial charge in [0.15, 0.2) is 5.13 Å². The average Bonchev–Trinajstić information content (AvgIpc) is 2.45. The molecular weight excluding hydrogens is 147 g/mol. The van der Waals surface area contributed by atoms with Crippen molar-refractivity contribution in [2.45, 2.75) is 25.2 Å². The second-order valence-corrected chi connectivity index (χ2v) is 4.20. The van der Waals surface area contributed by atoms with E-state index in [0.29, 0.717) is 5.41 Å². The quantitative estimate of drug-likeness (QED) is 0.586. The molecule has 0 aromatic carbocycles. The largest absolute Gasteiger partial charge is 0.195 e. The lowest BCUT2D eigenvalue weighted by Crippen LogP contribution is -1.93. The molecule has 0 atom stereocenters. The van der Waals surface area contributed by atoms with Gasteiger partial charge in [0.1, 0.15) is 0 Å². The van der Waals surface area contributed by atoms with Gasteiger partial charge in [-0.3, -0.25) is 0 Å². The second kappa shape index (κ2) is 1.82. The zero-order valence-electron chi connectivity index (χ0n) is 5.86. The Morgan fingerprint density at radius 3 is 2.60 bits per heavy atom. The van der Waals surface area contributed by atoms with E-state index >= 15 is 0 Å². The van der Waals surface area contributed by atoms with Crippen molar-refractivity contribution in [2.75, 3.05) is 0 Å². The molecule has 0 spiro atoms. The summed E-state index contributed by atoms with van der Waals surface area (Å²) < 4.78 is 12.5. The number of hydrogen-bond donors (Lipinski definition) is 0. The third-order valence-electron chi connectivity index (χ3n) is 2.17. The van der Waals surface area contributed by atoms with Crippen LogP contribution in [0, 0.1) is 5.13 Å². The Balaban J connectivity index is 2.34. The SMILES string of the molecule is CC1(c2ccc(F)s2)CC1. The Bertz CT molecular complexity index is 248. The molecule has 0 N–H and O–H groups in total. The zero-order valence-corrected chi connectivity index (χ0v) is 6.67. The Hall–Kier alpha value is -0.370. The van der Waals surface area contributed by atoms with Crippen LogP contribution in [0.25, 0.3) is 0 Å². The number of rotatable bonds is 1. The van der Waals surface area contributed by atoms with Crippen molar-refractivity contribution in [1.29, 1.82) is 0 Å². The third-order valence-corrected chi connectivity index (χ3v) is 3.35. The minimum absolute atomic E-state index is 0.0527. The van der Waals surface area contributed by atoms with Crippen LogP contribution in [0.2, 0.25) is 0 Å². The molecule has 1 aromatic heterocycles. The fourth-order valence-corrected chi connectivity index (χ4v) is 2.01. The van der Waals surface area contributed by atoms with Gasteiger partial charge in [-0.15, -0.1) is 11.3 Å². The van der Waals surface area contributed by atoms with Gasteiger partial charge in [0.25, 0.3) is 0 Å². The fraction of sp³-hybridized carbons (Fsp3) is 0.500. The van der Waals surface area contributed by atoms with Crippen LogP contribution in [0.1, 0.15) is 24.6 Å². The molecule has 2 heteroatoms. The molecule has 10 heavy (non-hydrogen) atoms. The van der Waals surface area contributed by atoms with Gasteiger partial charge in [0.05, 0.1) is 0 Å². The molecule has 1 aliphatic carbocycles. The monoisotopic (exact) mass is 156 g/mol. The lowest BCUT2D eigenvalue weighted by Gasteiger charge is -2.00. The number of thiophene rings is 1. The van der Waals surface area contributed by atoms with Crippen LogP contribution in [-0.4, -0.2) is 0 Å². The standard InChI is InChI=1S/C8H9FS/c1-8(4-5-8)6-2-3-7(9)10-6/h2-3H,4-5H2,1H3. The topological polar surface area (TPSA) is 0 Å². The summed E-state index contributed by atoms with van der Waals surface area (Å²) in [5.74, 6) is 0. The summed E-state index contributed by atoms with van der Waals surface area (Å²) in [7, 11) is 0. The second-order valence-electron chi connectivity index (χ2n) is 3.16. The van der Waals surface area contributed by atoms with Crippen molar-refractivity contribution < 1.29 is 4.39 Å². The minimum Gasteiger partial charge on any atom is -0.195 e. The molecule has 0 radical (unpaired) electrons. The van der Waals surface area contributed by atoms with Gasteiger partial charge in [-0.05, 0) is 25.0 Å². The van der Waals surface area contributed by atoms with Crippen molar-refractivity contribution in [2.24, 2.45) is 0 Å². The maximum Gasteiger partial charge on any atom is 0.176 e. The van der Waals surface area contributed by atoms with E-state index < -0.39 is 0 Å². The van der Waals surface area contributed by atoms with Crippen LogP contribution in [0.15, 0.2) is 12.1 Å². The van der Waals surface area contributed by atoms with Gasteiger partial charge in [0, 0.05) is 10.3 Å². The van der Waals surface area contributed by atoms with E-state index in [-0.39, 0.29) is 5.13 Å². The van der Waals surface area contributed by atoms with Crippen molar-refractivity contribution in [3.8, 4) is 0 Å². The first-order valence-corrected chi connectivity index (χ1v) is 4.28. The zero-order chi connectivity index (χ0) is 7.19. The predicted octanol–water partition coefficient (Wildman–Crippen LogP) is 2.94. The summed E-state index contributed by atoms with van der Waals surface area (Å²) >= 11 is 1.29.